The zero-order chi connectivity index (χ0) is 24.1. The van der Waals surface area contributed by atoms with E-state index in [0.29, 0.717) is 3.43 Å². The van der Waals surface area contributed by atoms with E-state index < -0.39 is 21.1 Å². The molecule has 0 saturated heterocycles. The van der Waals surface area contributed by atoms with Crippen LogP contribution in [0.5, 0.6) is 0 Å². The molecule has 0 aliphatic heterocycles. The molecule has 2 nitrogen and oxygen atoms in total. The Balaban J connectivity index is 2.09. The third-order valence-corrected chi connectivity index (χ3v) is 11.9. The van der Waals surface area contributed by atoms with Crippen molar-refractivity contribution in [2.45, 2.75) is 82.0 Å². The van der Waals surface area contributed by atoms with Gasteiger partial charge in [0.15, 0.2) is 0 Å². The molecule has 0 N–H and O–H groups in total. The number of ketones is 1. The molecule has 0 amide bonds. The molecule has 33 heavy (non-hydrogen) atoms. The average molecular weight is 552 g/mol. The van der Waals surface area contributed by atoms with Crippen LogP contribution in [-0.4, -0.2) is 41.0 Å². The summed E-state index contributed by atoms with van der Waals surface area (Å²) in [5.41, 5.74) is 3.00. The molecular weight excluding hydrogens is 509 g/mol. The third-order valence-electron chi connectivity index (χ3n) is 6.44. The molecule has 2 radical (unpaired) electrons. The molecule has 0 aliphatic carbocycles. The van der Waals surface area contributed by atoms with E-state index in [1.165, 1.54) is 57.8 Å². The number of carbonyl (C=O) groups excluding carboxylic acids is 1. The van der Waals surface area contributed by atoms with Gasteiger partial charge in [-0.05, 0) is 0 Å². The summed E-state index contributed by atoms with van der Waals surface area (Å²) in [6.07, 6.45) is 15.7. The van der Waals surface area contributed by atoms with Crippen molar-refractivity contribution < 1.29 is 4.79 Å². The van der Waals surface area contributed by atoms with Crippen LogP contribution in [-0.2, 0) is 0 Å². The fraction of sp³-hybridized carbons (Fsp3) is 0.500. The number of allylic oxidation sites excluding steroid dienone is 1. The summed E-state index contributed by atoms with van der Waals surface area (Å²) in [5.74, 6) is 0.0813. The minimum atomic E-state index is -0.747. The maximum absolute atomic E-state index is 12.7. The Kier molecular flexibility index (Phi) is 12.3. The monoisotopic (exact) mass is 553 g/mol. The number of unbranched alkanes of at least 4 members (excludes halogenated alkanes) is 3. The quantitative estimate of drug-likeness (QED) is 0.128. The molecule has 0 aliphatic rings. The molecular formula is C30H43NOSn. The Bertz CT molecular complexity index is 830. The van der Waals surface area contributed by atoms with Gasteiger partial charge in [0.05, 0.1) is 0 Å². The molecule has 0 unspecified atom stereocenters. The Morgan fingerprint density at radius 1 is 0.818 bits per heavy atom. The molecule has 2 rings (SSSR count). The summed E-state index contributed by atoms with van der Waals surface area (Å²) in [6, 6.07) is 16.9. The topological polar surface area (TPSA) is 20.3 Å². The van der Waals surface area contributed by atoms with Gasteiger partial charge in [-0.15, -0.1) is 0 Å². The second-order valence-corrected chi connectivity index (χ2v) is 14.9. The number of nitrogens with zero attached hydrogens (tertiary/aromatic N) is 1. The van der Waals surface area contributed by atoms with Crippen LogP contribution < -0.4 is 8.48 Å². The molecule has 0 aromatic heterocycles. The van der Waals surface area contributed by atoms with Crippen LogP contribution >= 0.6 is 0 Å². The number of anilines is 1. The van der Waals surface area contributed by atoms with Crippen molar-refractivity contribution in [1.82, 2.24) is 0 Å². The van der Waals surface area contributed by atoms with Gasteiger partial charge in [0.25, 0.3) is 0 Å². The van der Waals surface area contributed by atoms with Crippen molar-refractivity contribution in [1.29, 1.82) is 0 Å². The van der Waals surface area contributed by atoms with E-state index in [2.05, 4.69) is 74.2 Å². The number of carbonyl (C=O) groups is 1. The summed E-state index contributed by atoms with van der Waals surface area (Å²) in [4.78, 5) is 14.8. The fourth-order valence-corrected chi connectivity index (χ4v) is 9.57. The van der Waals surface area contributed by atoms with Gasteiger partial charge in [0, 0.05) is 14.1 Å². The minimum absolute atomic E-state index is 0.0813. The molecule has 0 bridgehead atoms. The molecule has 178 valence electrons. The molecule has 0 fully saturated rings. The van der Waals surface area contributed by atoms with E-state index in [0.717, 1.165) is 16.8 Å². The van der Waals surface area contributed by atoms with Crippen molar-refractivity contribution in [3.63, 3.8) is 0 Å². The van der Waals surface area contributed by atoms with Crippen LogP contribution in [0, 0.1) is 0 Å². The zero-order valence-corrected chi connectivity index (χ0v) is 24.3. The summed E-state index contributed by atoms with van der Waals surface area (Å²) < 4.78 is 2.12. The molecule has 0 spiro atoms. The van der Waals surface area contributed by atoms with Crippen LogP contribution in [0.1, 0.15) is 94.5 Å². The Morgan fingerprint density at radius 3 is 1.79 bits per heavy atom. The Hall–Kier alpha value is -1.55. The number of rotatable bonds is 15. The van der Waals surface area contributed by atoms with Crippen molar-refractivity contribution in [3.8, 4) is 0 Å². The van der Waals surface area contributed by atoms with E-state index in [1.54, 1.807) is 9.66 Å². The van der Waals surface area contributed by atoms with Gasteiger partial charge in [0.1, 0.15) is 0 Å². The van der Waals surface area contributed by atoms with E-state index in [9.17, 15) is 4.79 Å². The predicted octanol–water partition coefficient (Wildman–Crippen LogP) is 7.71. The van der Waals surface area contributed by atoms with Gasteiger partial charge >= 0.3 is 200 Å². The van der Waals surface area contributed by atoms with Crippen LogP contribution in [0.2, 0.25) is 3.43 Å². The summed E-state index contributed by atoms with van der Waals surface area (Å²) in [5, 5.41) is 0. The number of benzene rings is 2. The standard InChI is InChI=1S/C17H16NO.C13H27.Sn/c1-18(2)16-11-8-14(9-12-16)10-13-17(19)15-6-4-3-5-7-15;1-4-7-10-13(11-8-5-2)12-9-6-3;/h4-13H,1-2H3;4-12H2,1-3H3;/b13-10+;;. The molecule has 0 saturated carbocycles. The second kappa shape index (κ2) is 14.7. The van der Waals surface area contributed by atoms with Gasteiger partial charge in [-0.1, -0.05) is 0 Å². The molecule has 3 heteroatoms. The fourth-order valence-electron chi connectivity index (χ4n) is 4.28. The Morgan fingerprint density at radius 2 is 1.33 bits per heavy atom. The maximum atomic E-state index is 12.7. The van der Waals surface area contributed by atoms with Crippen molar-refractivity contribution >= 4 is 42.3 Å². The van der Waals surface area contributed by atoms with Crippen molar-refractivity contribution in [2.75, 3.05) is 19.0 Å². The average Bonchev–Trinajstić information content (AvgIpc) is 2.84. The first-order valence-electron chi connectivity index (χ1n) is 12.8. The van der Waals surface area contributed by atoms with Crippen LogP contribution in [0.25, 0.3) is 6.08 Å². The molecule has 2 aromatic carbocycles. The number of hydrogen-bond donors (Lipinski definition) is 0. The van der Waals surface area contributed by atoms with Crippen LogP contribution in [0.3, 0.4) is 0 Å². The van der Waals surface area contributed by atoms with Crippen LogP contribution in [0.15, 0.2) is 54.6 Å². The first-order chi connectivity index (χ1) is 15.9. The SMILES string of the molecule is CCCC[C](CCCC)(CCCC)[Sn][c]1ccc(C(=O)/C=C/c2ccc(N(C)C)cc2)cc1. The summed E-state index contributed by atoms with van der Waals surface area (Å²) in [6.45, 7) is 6.96. The van der Waals surface area contributed by atoms with Gasteiger partial charge in [0.2, 0.25) is 0 Å². The van der Waals surface area contributed by atoms with Gasteiger partial charge in [-0.2, -0.15) is 0 Å². The molecule has 0 heterocycles. The van der Waals surface area contributed by atoms with Gasteiger partial charge < -0.3 is 0 Å². The van der Waals surface area contributed by atoms with Gasteiger partial charge in [-0.3, -0.25) is 0 Å². The number of hydrogen-bond acceptors (Lipinski definition) is 2. The molecule has 2 aromatic rings. The van der Waals surface area contributed by atoms with E-state index >= 15 is 0 Å². The normalized spacial score (nSPS) is 11.8. The van der Waals surface area contributed by atoms with Gasteiger partial charge in [-0.25, -0.2) is 0 Å². The Labute approximate surface area is 213 Å². The van der Waals surface area contributed by atoms with Crippen molar-refractivity contribution in [2.24, 2.45) is 0 Å². The molecule has 0 atom stereocenters. The predicted molar refractivity (Wildman–Crippen MR) is 147 cm³/mol. The van der Waals surface area contributed by atoms with Crippen molar-refractivity contribution in [3.05, 3.63) is 65.7 Å². The summed E-state index contributed by atoms with van der Waals surface area (Å²) >= 11 is -0.747. The summed E-state index contributed by atoms with van der Waals surface area (Å²) in [7, 11) is 4.06. The first-order valence-corrected chi connectivity index (χ1v) is 15.7. The third kappa shape index (κ3) is 9.31. The van der Waals surface area contributed by atoms with E-state index in [-0.39, 0.29) is 5.78 Å². The van der Waals surface area contributed by atoms with E-state index in [1.807, 2.05) is 20.2 Å². The van der Waals surface area contributed by atoms with E-state index in [4.69, 9.17) is 0 Å². The van der Waals surface area contributed by atoms with Crippen LogP contribution in [0.4, 0.5) is 5.69 Å². The zero-order valence-electron chi connectivity index (χ0n) is 21.5. The first kappa shape index (κ1) is 27.7. The second-order valence-electron chi connectivity index (χ2n) is 9.48.